The molecular weight excluding hydrogens is 651 g/mol. The van der Waals surface area contributed by atoms with Crippen LogP contribution in [0.25, 0.3) is 22.3 Å². The lowest BCUT2D eigenvalue weighted by Crippen LogP contribution is -2.34. The molecule has 232 valence electrons. The molecule has 3 fully saturated rings. The third-order valence-electron chi connectivity index (χ3n) is 7.20. The molecule has 0 aromatic carbocycles. The van der Waals surface area contributed by atoms with Gasteiger partial charge in [-0.2, -0.15) is 0 Å². The van der Waals surface area contributed by atoms with E-state index in [4.69, 9.17) is 58.4 Å². The Balaban J connectivity index is 1.20. The van der Waals surface area contributed by atoms with Crippen molar-refractivity contribution in [2.75, 3.05) is 24.7 Å². The Labute approximate surface area is 251 Å². The molecule has 10 atom stereocenters. The van der Waals surface area contributed by atoms with Crippen LogP contribution in [0.3, 0.4) is 0 Å². The van der Waals surface area contributed by atoms with Crippen LogP contribution in [0, 0.1) is 0 Å². The van der Waals surface area contributed by atoms with Gasteiger partial charge in [-0.25, -0.2) is 38.7 Å². The van der Waals surface area contributed by atoms with E-state index in [9.17, 15) is 9.46 Å². The standard InChI is InChI=1S/C20H21BF2N10O8P2S/c21-42(34)36-1-7-9(22)14(20(38-7)33-6-31-12-16(25)27-4-29-18(12)33)41-43(35,44)37-2-8-13(40-42)10(23)19(39-8)32-5-30-11-15(24)26-3-28-17(11)32/h3-10,13-14,19-20H,1-2H2,(H,35,44)(H2,24,26,28)(H2,25,27,29)/t7-,8-,9-,10-,13-,14-,19-,20-,42?,43?/m1/s1. The third-order valence-corrected chi connectivity index (χ3v) is 9.80. The van der Waals surface area contributed by atoms with E-state index in [-0.39, 0.29) is 34.0 Å². The van der Waals surface area contributed by atoms with Crippen LogP contribution in [0.2, 0.25) is 0 Å². The highest BCUT2D eigenvalue weighted by atomic mass is 32.5. The lowest BCUT2D eigenvalue weighted by molar-refractivity contribution is -0.0586. The van der Waals surface area contributed by atoms with Crippen LogP contribution >= 0.6 is 14.2 Å². The Kier molecular flexibility index (Phi) is 7.43. The van der Waals surface area contributed by atoms with Gasteiger partial charge in [0.15, 0.2) is 47.7 Å². The van der Waals surface area contributed by atoms with Crippen LogP contribution < -0.4 is 11.5 Å². The van der Waals surface area contributed by atoms with E-state index in [0.29, 0.717) is 0 Å². The van der Waals surface area contributed by atoms with E-state index in [1.807, 2.05) is 0 Å². The second kappa shape index (κ2) is 10.9. The molecule has 24 heteroatoms. The number of nitrogen functional groups attached to an aromatic ring is 2. The second-order valence-electron chi connectivity index (χ2n) is 9.92. The molecule has 0 spiro atoms. The van der Waals surface area contributed by atoms with Crippen LogP contribution in [0.5, 0.6) is 0 Å². The van der Waals surface area contributed by atoms with Gasteiger partial charge in [0.2, 0.25) is 7.57 Å². The first-order valence-corrected chi connectivity index (χ1v) is 16.9. The number of hydrogen-bond donors (Lipinski definition) is 3. The van der Waals surface area contributed by atoms with Crippen LogP contribution in [-0.2, 0) is 43.9 Å². The second-order valence-corrected chi connectivity index (χ2v) is 14.3. The Hall–Kier alpha value is -2.78. The summed E-state index contributed by atoms with van der Waals surface area (Å²) in [5.41, 5.74) is 12.4. The molecule has 3 saturated heterocycles. The lowest BCUT2D eigenvalue weighted by Gasteiger charge is -2.27. The van der Waals surface area contributed by atoms with Gasteiger partial charge in [-0.3, -0.25) is 18.2 Å². The largest absolute Gasteiger partial charge is 0.382 e. The van der Waals surface area contributed by atoms with E-state index >= 15 is 8.78 Å². The molecule has 0 aliphatic carbocycles. The van der Waals surface area contributed by atoms with Crippen LogP contribution in [0.1, 0.15) is 12.5 Å². The fourth-order valence-corrected chi connectivity index (χ4v) is 7.60. The molecule has 7 heterocycles. The molecule has 3 aliphatic heterocycles. The quantitative estimate of drug-likeness (QED) is 0.196. The van der Waals surface area contributed by atoms with Crippen molar-refractivity contribution in [3.63, 3.8) is 0 Å². The Morgan fingerprint density at radius 2 is 1.41 bits per heavy atom. The van der Waals surface area contributed by atoms with Crippen molar-refractivity contribution in [1.29, 1.82) is 0 Å². The average molecular weight is 672 g/mol. The summed E-state index contributed by atoms with van der Waals surface area (Å²) in [6.07, 6.45) is -8.25. The number of ether oxygens (including phenoxy) is 2. The summed E-state index contributed by atoms with van der Waals surface area (Å²) < 4.78 is 80.9. The Bertz CT molecular complexity index is 1840. The molecule has 2 unspecified atom stereocenters. The molecule has 44 heavy (non-hydrogen) atoms. The molecule has 4 aromatic heterocycles. The number of alkyl halides is 2. The first-order valence-electron chi connectivity index (χ1n) is 12.7. The minimum atomic E-state index is -4.60. The molecule has 4 aromatic rings. The van der Waals surface area contributed by atoms with Crippen molar-refractivity contribution < 1.29 is 45.8 Å². The topological polar surface area (TPSA) is 232 Å². The monoisotopic (exact) mass is 672 g/mol. The number of hydrogen-bond acceptors (Lipinski definition) is 16. The van der Waals surface area contributed by atoms with Crippen molar-refractivity contribution in [2.45, 2.75) is 49.2 Å². The van der Waals surface area contributed by atoms with Crippen LogP contribution in [-0.4, -0.2) is 101 Å². The van der Waals surface area contributed by atoms with Gasteiger partial charge in [0.25, 0.3) is 7.47 Å². The number of aromatic nitrogens is 8. The maximum Gasteiger partial charge on any atom is 0.325 e. The minimum absolute atomic E-state index is 0.0446. The van der Waals surface area contributed by atoms with Crippen molar-refractivity contribution in [3.05, 3.63) is 25.3 Å². The van der Waals surface area contributed by atoms with Crippen molar-refractivity contribution in [1.82, 2.24) is 39.0 Å². The summed E-state index contributed by atoms with van der Waals surface area (Å²) in [7, 11) is 1.21. The van der Waals surface area contributed by atoms with E-state index in [1.165, 1.54) is 28.1 Å². The maximum atomic E-state index is 16.0. The van der Waals surface area contributed by atoms with Crippen molar-refractivity contribution in [2.24, 2.45) is 0 Å². The fourth-order valence-electron chi connectivity index (χ4n) is 5.19. The number of halogens is 2. The minimum Gasteiger partial charge on any atom is -0.382 e. The predicted molar refractivity (Wildman–Crippen MR) is 149 cm³/mol. The Morgan fingerprint density at radius 3 is 2.05 bits per heavy atom. The van der Waals surface area contributed by atoms with Gasteiger partial charge in [0.1, 0.15) is 48.1 Å². The number of nitrogens with two attached hydrogens (primary N) is 2. The molecule has 3 aliphatic rings. The van der Waals surface area contributed by atoms with Gasteiger partial charge in [-0.1, -0.05) is 0 Å². The zero-order valence-electron chi connectivity index (χ0n) is 22.0. The van der Waals surface area contributed by atoms with E-state index < -0.39 is 76.6 Å². The van der Waals surface area contributed by atoms with Gasteiger partial charge in [0, 0.05) is 0 Å². The zero-order valence-corrected chi connectivity index (χ0v) is 24.6. The summed E-state index contributed by atoms with van der Waals surface area (Å²) in [5.74, 6) is 0.0956. The van der Waals surface area contributed by atoms with Gasteiger partial charge in [0.05, 0.1) is 25.9 Å². The highest BCUT2D eigenvalue weighted by Crippen LogP contribution is 2.54. The summed E-state index contributed by atoms with van der Waals surface area (Å²) in [4.78, 5) is 35.1. The summed E-state index contributed by atoms with van der Waals surface area (Å²) in [6.45, 7) is -5.69. The molecule has 0 amide bonds. The van der Waals surface area contributed by atoms with Gasteiger partial charge < -0.3 is 39.4 Å². The molecule has 18 nitrogen and oxygen atoms in total. The fraction of sp³-hybridized carbons (Fsp3) is 0.500. The summed E-state index contributed by atoms with van der Waals surface area (Å²) in [6, 6.07) is 0. The third kappa shape index (κ3) is 5.18. The number of fused-ring (bicyclic) bond motifs is 5. The summed E-state index contributed by atoms with van der Waals surface area (Å²) in [5, 5.41) is 0. The normalized spacial score (nSPS) is 38.2. The molecule has 7 rings (SSSR count). The number of nitrogens with zero attached hydrogens (tertiary/aromatic N) is 8. The highest BCUT2D eigenvalue weighted by molar-refractivity contribution is 8.07. The smallest absolute Gasteiger partial charge is 0.325 e. The first-order chi connectivity index (χ1) is 20.9. The Morgan fingerprint density at radius 1 is 0.841 bits per heavy atom. The van der Waals surface area contributed by atoms with Crippen LogP contribution in [0.15, 0.2) is 25.3 Å². The SMILES string of the molecule is [B]P1(=O)OC[C@H]2O[C@@H](n3cnc4c(N)ncnc43)[C@H](OP(O)(=S)OC[C@H]3O[C@@H](n4cnc5c(N)ncnc54)[C@H](F)[C@@H]3O1)[C@@H]2F. The highest BCUT2D eigenvalue weighted by Gasteiger charge is 2.53. The van der Waals surface area contributed by atoms with E-state index in [0.717, 1.165) is 6.33 Å². The predicted octanol–water partition coefficient (Wildman–Crippen LogP) is 0.612. The van der Waals surface area contributed by atoms with E-state index in [2.05, 4.69) is 29.9 Å². The number of anilines is 2. The summed E-state index contributed by atoms with van der Waals surface area (Å²) >= 11 is 5.18. The molecular formula is C20H21BF2N10O8P2S. The van der Waals surface area contributed by atoms with Gasteiger partial charge >= 0.3 is 6.72 Å². The molecule has 0 saturated carbocycles. The average Bonchev–Trinajstić information content (AvgIpc) is 3.73. The first kappa shape index (κ1) is 29.9. The lowest BCUT2D eigenvalue weighted by atomic mass is 10.1. The molecule has 5 N–H and O–H groups in total. The van der Waals surface area contributed by atoms with Crippen LogP contribution in [0.4, 0.5) is 20.4 Å². The van der Waals surface area contributed by atoms with Crippen molar-refractivity contribution >= 4 is 67.5 Å². The molecule has 2 radical (unpaired) electrons. The van der Waals surface area contributed by atoms with E-state index in [1.54, 1.807) is 0 Å². The number of imidazole rings is 2. The zero-order chi connectivity index (χ0) is 31.0. The van der Waals surface area contributed by atoms with Gasteiger partial charge in [-0.05, 0) is 11.8 Å². The maximum absolute atomic E-state index is 16.0. The van der Waals surface area contributed by atoms with Gasteiger partial charge in [-0.15, -0.1) is 0 Å². The number of rotatable bonds is 2. The van der Waals surface area contributed by atoms with Crippen molar-refractivity contribution in [3.8, 4) is 0 Å². The molecule has 2 bridgehead atoms.